The van der Waals surface area contributed by atoms with Gasteiger partial charge in [0.1, 0.15) is 5.69 Å². The Morgan fingerprint density at radius 1 is 1.48 bits per heavy atom. The molecule has 0 unspecified atom stereocenters. The van der Waals surface area contributed by atoms with Gasteiger partial charge in [0.25, 0.3) is 5.91 Å². The molecule has 0 fully saturated rings. The highest BCUT2D eigenvalue weighted by molar-refractivity contribution is 7.10. The maximum atomic E-state index is 12.1. The second kappa shape index (κ2) is 7.53. The Bertz CT molecular complexity index is 658. The normalized spacial score (nSPS) is 9.81. The second-order valence-electron chi connectivity index (χ2n) is 4.35. The minimum Gasteiger partial charge on any atom is -0.395 e. The first-order chi connectivity index (χ1) is 10.2. The Labute approximate surface area is 127 Å². The van der Waals surface area contributed by atoms with Crippen LogP contribution >= 0.6 is 11.3 Å². The first kappa shape index (κ1) is 15.2. The summed E-state index contributed by atoms with van der Waals surface area (Å²) in [5, 5.41) is 10.7. The molecule has 0 radical (unpaired) electrons. The highest BCUT2D eigenvalue weighted by Gasteiger charge is 2.13. The summed E-state index contributed by atoms with van der Waals surface area (Å²) in [4.78, 5) is 22.6. The minimum atomic E-state index is -0.165. The van der Waals surface area contributed by atoms with Gasteiger partial charge in [-0.1, -0.05) is 11.8 Å². The predicted molar refractivity (Wildman–Crippen MR) is 80.7 cm³/mol. The smallest absolute Gasteiger partial charge is 0.274 e. The average Bonchev–Trinajstić information content (AvgIpc) is 2.95. The summed E-state index contributed by atoms with van der Waals surface area (Å²) in [5.74, 6) is 5.70. The third-order valence-electron chi connectivity index (χ3n) is 2.65. The molecule has 108 valence electrons. The van der Waals surface area contributed by atoms with E-state index in [0.29, 0.717) is 18.7 Å². The lowest BCUT2D eigenvalue weighted by Crippen LogP contribution is -2.26. The Morgan fingerprint density at radius 2 is 2.33 bits per heavy atom. The highest BCUT2D eigenvalue weighted by atomic mass is 32.1. The first-order valence-corrected chi connectivity index (χ1v) is 7.27. The summed E-state index contributed by atoms with van der Waals surface area (Å²) in [6.45, 7) is 0.564. The Balaban J connectivity index is 1.99. The van der Waals surface area contributed by atoms with Crippen LogP contribution in [-0.2, 0) is 6.54 Å². The van der Waals surface area contributed by atoms with E-state index in [1.54, 1.807) is 11.9 Å². The number of carbonyl (C=O) groups is 1. The van der Waals surface area contributed by atoms with E-state index in [-0.39, 0.29) is 12.5 Å². The summed E-state index contributed by atoms with van der Waals surface area (Å²) in [7, 11) is 1.73. The van der Waals surface area contributed by atoms with Crippen molar-refractivity contribution in [3.8, 4) is 11.8 Å². The lowest BCUT2D eigenvalue weighted by atomic mass is 10.2. The van der Waals surface area contributed by atoms with Gasteiger partial charge in [0.2, 0.25) is 0 Å². The topological polar surface area (TPSA) is 66.3 Å². The van der Waals surface area contributed by atoms with Crippen LogP contribution in [0.2, 0.25) is 0 Å². The van der Waals surface area contributed by atoms with E-state index >= 15 is 0 Å². The van der Waals surface area contributed by atoms with Crippen LogP contribution in [0.25, 0.3) is 0 Å². The molecule has 0 aliphatic rings. The lowest BCUT2D eigenvalue weighted by molar-refractivity contribution is 0.0779. The van der Waals surface area contributed by atoms with E-state index in [0.717, 1.165) is 10.4 Å². The number of aromatic nitrogens is 2. The van der Waals surface area contributed by atoms with Crippen molar-refractivity contribution in [2.45, 2.75) is 13.0 Å². The largest absolute Gasteiger partial charge is 0.395 e. The van der Waals surface area contributed by atoms with Gasteiger partial charge in [-0.3, -0.25) is 9.78 Å². The van der Waals surface area contributed by atoms with Crippen molar-refractivity contribution in [2.24, 2.45) is 0 Å². The molecule has 1 N–H and O–H groups in total. The van der Waals surface area contributed by atoms with Crippen LogP contribution in [0, 0.1) is 11.8 Å². The van der Waals surface area contributed by atoms with E-state index in [2.05, 4.69) is 21.8 Å². The van der Waals surface area contributed by atoms with E-state index in [1.807, 2.05) is 11.4 Å². The van der Waals surface area contributed by atoms with E-state index < -0.39 is 0 Å². The molecule has 0 bridgehead atoms. The molecule has 0 saturated heterocycles. The van der Waals surface area contributed by atoms with Crippen LogP contribution in [0.15, 0.2) is 30.0 Å². The Morgan fingerprint density at radius 3 is 3.05 bits per heavy atom. The SMILES string of the molecule is CN(Cc1csc(C#CCCO)c1)C(=O)c1cnccn1. The molecule has 0 atom stereocenters. The summed E-state index contributed by atoms with van der Waals surface area (Å²) < 4.78 is 0. The molecule has 1 amide bonds. The van der Waals surface area contributed by atoms with Crippen molar-refractivity contribution >= 4 is 17.2 Å². The maximum Gasteiger partial charge on any atom is 0.274 e. The van der Waals surface area contributed by atoms with Gasteiger partial charge >= 0.3 is 0 Å². The van der Waals surface area contributed by atoms with Crippen LogP contribution in [0.4, 0.5) is 0 Å². The number of rotatable bonds is 4. The molecule has 2 heterocycles. The van der Waals surface area contributed by atoms with Crippen LogP contribution in [0.1, 0.15) is 27.3 Å². The van der Waals surface area contributed by atoms with Gasteiger partial charge in [0.05, 0.1) is 17.7 Å². The minimum absolute atomic E-state index is 0.0700. The predicted octanol–water partition coefficient (Wildman–Crippen LogP) is 1.54. The number of nitrogens with zero attached hydrogens (tertiary/aromatic N) is 3. The molecule has 2 aromatic heterocycles. The number of hydrogen-bond acceptors (Lipinski definition) is 5. The lowest BCUT2D eigenvalue weighted by Gasteiger charge is -2.15. The summed E-state index contributed by atoms with van der Waals surface area (Å²) in [6.07, 6.45) is 4.96. The van der Waals surface area contributed by atoms with Crippen LogP contribution in [-0.4, -0.2) is 39.5 Å². The molecule has 0 aliphatic heterocycles. The van der Waals surface area contributed by atoms with Crippen LogP contribution < -0.4 is 0 Å². The molecule has 21 heavy (non-hydrogen) atoms. The van der Waals surface area contributed by atoms with Gasteiger partial charge in [-0.15, -0.1) is 11.3 Å². The maximum absolute atomic E-state index is 12.1. The van der Waals surface area contributed by atoms with Crippen LogP contribution in [0.5, 0.6) is 0 Å². The highest BCUT2D eigenvalue weighted by Crippen LogP contribution is 2.15. The average molecular weight is 301 g/mol. The fourth-order valence-electron chi connectivity index (χ4n) is 1.68. The monoisotopic (exact) mass is 301 g/mol. The van der Waals surface area contributed by atoms with Crippen molar-refractivity contribution in [1.29, 1.82) is 0 Å². The third-order valence-corrected chi connectivity index (χ3v) is 3.55. The molecule has 2 rings (SSSR count). The summed E-state index contributed by atoms with van der Waals surface area (Å²) in [5.41, 5.74) is 1.35. The number of amides is 1. The number of carbonyl (C=O) groups excluding carboxylic acids is 1. The van der Waals surface area contributed by atoms with Gasteiger partial charge in [0.15, 0.2) is 0 Å². The molecule has 0 spiro atoms. The van der Waals surface area contributed by atoms with Gasteiger partial charge < -0.3 is 10.0 Å². The molecule has 0 saturated carbocycles. The fraction of sp³-hybridized carbons (Fsp3) is 0.267. The molecule has 0 aliphatic carbocycles. The van der Waals surface area contributed by atoms with Gasteiger partial charge in [-0.25, -0.2) is 4.98 Å². The van der Waals surface area contributed by atoms with Crippen molar-refractivity contribution in [1.82, 2.24) is 14.9 Å². The van der Waals surface area contributed by atoms with E-state index in [1.165, 1.54) is 29.9 Å². The zero-order valence-corrected chi connectivity index (χ0v) is 12.4. The number of aliphatic hydroxyl groups is 1. The van der Waals surface area contributed by atoms with Gasteiger partial charge in [0, 0.05) is 32.4 Å². The second-order valence-corrected chi connectivity index (χ2v) is 5.26. The summed E-state index contributed by atoms with van der Waals surface area (Å²) in [6, 6.07) is 1.95. The zero-order chi connectivity index (χ0) is 15.1. The van der Waals surface area contributed by atoms with Crippen molar-refractivity contribution in [2.75, 3.05) is 13.7 Å². The van der Waals surface area contributed by atoms with Gasteiger partial charge in [-0.2, -0.15) is 0 Å². The Hall–Kier alpha value is -2.23. The number of hydrogen-bond donors (Lipinski definition) is 1. The molecule has 2 aromatic rings. The van der Waals surface area contributed by atoms with Crippen LogP contribution in [0.3, 0.4) is 0 Å². The third kappa shape index (κ3) is 4.38. The van der Waals surface area contributed by atoms with E-state index in [4.69, 9.17) is 5.11 Å². The molecular formula is C15H15N3O2S. The number of aliphatic hydroxyl groups excluding tert-OH is 1. The molecular weight excluding hydrogens is 286 g/mol. The Kier molecular flexibility index (Phi) is 5.43. The zero-order valence-electron chi connectivity index (χ0n) is 11.6. The number of thiophene rings is 1. The fourth-order valence-corrected chi connectivity index (χ4v) is 2.45. The van der Waals surface area contributed by atoms with Crippen molar-refractivity contribution in [3.05, 3.63) is 46.2 Å². The molecule has 0 aromatic carbocycles. The summed E-state index contributed by atoms with van der Waals surface area (Å²) >= 11 is 1.53. The standard InChI is InChI=1S/C15H15N3O2S/c1-18(15(20)14-9-16-5-6-17-14)10-12-8-13(21-11-12)4-2-3-7-19/h5-6,8-9,11,19H,3,7,10H2,1H3. The molecule has 5 nitrogen and oxygen atoms in total. The van der Waals surface area contributed by atoms with Gasteiger partial charge in [-0.05, 0) is 17.0 Å². The van der Waals surface area contributed by atoms with Crippen molar-refractivity contribution in [3.63, 3.8) is 0 Å². The quantitative estimate of drug-likeness (QED) is 0.870. The molecule has 6 heteroatoms. The van der Waals surface area contributed by atoms with E-state index in [9.17, 15) is 4.79 Å². The van der Waals surface area contributed by atoms with Crippen molar-refractivity contribution < 1.29 is 9.90 Å². The first-order valence-electron chi connectivity index (χ1n) is 6.39.